The topological polar surface area (TPSA) is 97.3 Å². The maximum atomic E-state index is 11.8. The maximum absolute atomic E-state index is 11.8. The number of halogens is 1. The number of carbonyl (C=O) groups is 2. The Morgan fingerprint density at radius 2 is 2.05 bits per heavy atom. The standard InChI is InChI=1S/C11H14ClN5O3/c1-5(2)20-11-15-9(12)14-10(16-11)13-6-4-7(18)17(3)8(6)19/h5-6H,4H2,1-3H3,(H,13,14,15,16). The highest BCUT2D eigenvalue weighted by Crippen LogP contribution is 2.17. The first-order valence-electron chi connectivity index (χ1n) is 6.02. The minimum absolute atomic E-state index is 0.0525. The van der Waals surface area contributed by atoms with E-state index in [0.29, 0.717) is 0 Å². The molecule has 1 aromatic rings. The zero-order valence-corrected chi connectivity index (χ0v) is 12.0. The van der Waals surface area contributed by atoms with E-state index in [-0.39, 0.29) is 41.6 Å². The van der Waals surface area contributed by atoms with Crippen LogP contribution in [0.1, 0.15) is 20.3 Å². The Labute approximate surface area is 120 Å². The van der Waals surface area contributed by atoms with Gasteiger partial charge < -0.3 is 10.1 Å². The minimum atomic E-state index is -0.696. The molecule has 0 saturated carbocycles. The smallest absolute Gasteiger partial charge is 0.322 e. The molecule has 0 spiro atoms. The zero-order chi connectivity index (χ0) is 14.9. The average Bonchev–Trinajstić information content (AvgIpc) is 2.55. The molecule has 1 fully saturated rings. The molecular weight excluding hydrogens is 286 g/mol. The van der Waals surface area contributed by atoms with Crippen LogP contribution in [0.3, 0.4) is 0 Å². The van der Waals surface area contributed by atoms with Gasteiger partial charge in [0.25, 0.3) is 5.91 Å². The van der Waals surface area contributed by atoms with Crippen molar-refractivity contribution in [2.45, 2.75) is 32.4 Å². The molecular formula is C11H14ClN5O3. The predicted octanol–water partition coefficient (Wildman–Crippen LogP) is 0.481. The highest BCUT2D eigenvalue weighted by Gasteiger charge is 2.36. The second kappa shape index (κ2) is 5.58. The molecule has 108 valence electrons. The number of amides is 2. The van der Waals surface area contributed by atoms with Crippen molar-refractivity contribution >= 4 is 29.4 Å². The summed E-state index contributed by atoms with van der Waals surface area (Å²) in [7, 11) is 1.43. The lowest BCUT2D eigenvalue weighted by Crippen LogP contribution is -2.32. The Bertz CT molecular complexity index is 551. The second-order valence-corrected chi connectivity index (χ2v) is 4.91. The van der Waals surface area contributed by atoms with Crippen molar-refractivity contribution in [1.82, 2.24) is 19.9 Å². The summed E-state index contributed by atoms with van der Waals surface area (Å²) in [6.07, 6.45) is -0.0684. The Morgan fingerprint density at radius 1 is 1.35 bits per heavy atom. The summed E-state index contributed by atoms with van der Waals surface area (Å²) in [5.74, 6) is -0.494. The fourth-order valence-electron chi connectivity index (χ4n) is 1.68. The molecule has 20 heavy (non-hydrogen) atoms. The molecule has 2 amide bonds. The predicted molar refractivity (Wildman–Crippen MR) is 70.4 cm³/mol. The van der Waals surface area contributed by atoms with Crippen molar-refractivity contribution in [3.8, 4) is 6.01 Å². The summed E-state index contributed by atoms with van der Waals surface area (Å²) in [4.78, 5) is 35.9. The number of carbonyl (C=O) groups excluding carboxylic acids is 2. The first kappa shape index (κ1) is 14.4. The third kappa shape index (κ3) is 3.13. The number of aromatic nitrogens is 3. The summed E-state index contributed by atoms with van der Waals surface area (Å²) in [5, 5.41) is 2.71. The van der Waals surface area contributed by atoms with Crippen LogP contribution in [-0.4, -0.2) is 50.9 Å². The van der Waals surface area contributed by atoms with Crippen LogP contribution in [0.15, 0.2) is 0 Å². The normalized spacial score (nSPS) is 18.9. The molecule has 2 heterocycles. The molecule has 9 heteroatoms. The number of anilines is 1. The van der Waals surface area contributed by atoms with E-state index in [4.69, 9.17) is 16.3 Å². The van der Waals surface area contributed by atoms with Crippen LogP contribution in [0.5, 0.6) is 6.01 Å². The molecule has 8 nitrogen and oxygen atoms in total. The number of hydrogen-bond acceptors (Lipinski definition) is 7. The van der Waals surface area contributed by atoms with Crippen molar-refractivity contribution < 1.29 is 14.3 Å². The zero-order valence-electron chi connectivity index (χ0n) is 11.3. The van der Waals surface area contributed by atoms with Crippen molar-refractivity contribution in [2.24, 2.45) is 0 Å². The van der Waals surface area contributed by atoms with Gasteiger partial charge in [-0.25, -0.2) is 0 Å². The third-order valence-corrected chi connectivity index (χ3v) is 2.78. The number of ether oxygens (including phenoxy) is 1. The van der Waals surface area contributed by atoms with E-state index in [0.717, 1.165) is 4.90 Å². The SMILES string of the molecule is CC(C)Oc1nc(Cl)nc(NC2CC(=O)N(C)C2=O)n1. The maximum Gasteiger partial charge on any atom is 0.322 e. The van der Waals surface area contributed by atoms with Crippen molar-refractivity contribution in [3.63, 3.8) is 0 Å². The van der Waals surface area contributed by atoms with Crippen molar-refractivity contribution in [2.75, 3.05) is 12.4 Å². The number of likely N-dealkylation sites (tertiary alicyclic amines) is 1. The Hall–Kier alpha value is -1.96. The second-order valence-electron chi connectivity index (χ2n) is 4.57. The molecule has 1 saturated heterocycles. The molecule has 0 radical (unpaired) electrons. The molecule has 1 N–H and O–H groups in total. The van der Waals surface area contributed by atoms with Gasteiger partial charge in [-0.2, -0.15) is 15.0 Å². The third-order valence-electron chi connectivity index (χ3n) is 2.61. The number of likely N-dealkylation sites (N-methyl/N-ethyl adjacent to an activating group) is 1. The first-order chi connectivity index (χ1) is 9.36. The van der Waals surface area contributed by atoms with E-state index >= 15 is 0 Å². The van der Waals surface area contributed by atoms with Gasteiger partial charge in [0.1, 0.15) is 6.04 Å². The van der Waals surface area contributed by atoms with Crippen LogP contribution in [0, 0.1) is 0 Å². The number of rotatable bonds is 4. The molecule has 0 aromatic carbocycles. The minimum Gasteiger partial charge on any atom is -0.461 e. The molecule has 1 atom stereocenters. The Kier molecular flexibility index (Phi) is 4.03. The van der Waals surface area contributed by atoms with E-state index in [2.05, 4.69) is 20.3 Å². The summed E-state index contributed by atoms with van der Waals surface area (Å²) in [6.45, 7) is 3.64. The quantitative estimate of drug-likeness (QED) is 0.808. The first-order valence-corrected chi connectivity index (χ1v) is 6.39. The van der Waals surface area contributed by atoms with E-state index in [1.165, 1.54) is 7.05 Å². The van der Waals surface area contributed by atoms with Crippen molar-refractivity contribution in [3.05, 3.63) is 5.28 Å². The van der Waals surface area contributed by atoms with Crippen LogP contribution in [-0.2, 0) is 9.59 Å². The molecule has 1 aliphatic heterocycles. The lowest BCUT2D eigenvalue weighted by atomic mass is 10.2. The van der Waals surface area contributed by atoms with Gasteiger partial charge in [0, 0.05) is 7.05 Å². The van der Waals surface area contributed by atoms with Gasteiger partial charge in [-0.1, -0.05) is 0 Å². The van der Waals surface area contributed by atoms with Crippen molar-refractivity contribution in [1.29, 1.82) is 0 Å². The van der Waals surface area contributed by atoms with Crippen LogP contribution in [0.2, 0.25) is 5.28 Å². The van der Waals surface area contributed by atoms with E-state index < -0.39 is 6.04 Å². The summed E-state index contributed by atoms with van der Waals surface area (Å²) >= 11 is 5.77. The summed E-state index contributed by atoms with van der Waals surface area (Å²) in [5.41, 5.74) is 0. The van der Waals surface area contributed by atoms with Gasteiger partial charge in [0.2, 0.25) is 17.1 Å². The Balaban J connectivity index is 2.15. The van der Waals surface area contributed by atoms with Gasteiger partial charge >= 0.3 is 6.01 Å². The number of nitrogens with zero attached hydrogens (tertiary/aromatic N) is 4. The fraction of sp³-hybridized carbons (Fsp3) is 0.545. The summed E-state index contributed by atoms with van der Waals surface area (Å²) in [6, 6.07) is -0.634. The Morgan fingerprint density at radius 3 is 2.60 bits per heavy atom. The van der Waals surface area contributed by atoms with Crippen LogP contribution < -0.4 is 10.1 Å². The largest absolute Gasteiger partial charge is 0.461 e. The van der Waals surface area contributed by atoms with E-state index in [1.807, 2.05) is 13.8 Å². The molecule has 0 aliphatic carbocycles. The lowest BCUT2D eigenvalue weighted by Gasteiger charge is -2.12. The molecule has 1 unspecified atom stereocenters. The van der Waals surface area contributed by atoms with E-state index in [9.17, 15) is 9.59 Å². The summed E-state index contributed by atoms with van der Waals surface area (Å²) < 4.78 is 5.32. The highest BCUT2D eigenvalue weighted by molar-refractivity contribution is 6.28. The highest BCUT2D eigenvalue weighted by atomic mass is 35.5. The fourth-order valence-corrected chi connectivity index (χ4v) is 1.84. The van der Waals surface area contributed by atoms with Crippen LogP contribution in [0.4, 0.5) is 5.95 Å². The number of imide groups is 1. The van der Waals surface area contributed by atoms with Crippen LogP contribution in [0.25, 0.3) is 0 Å². The molecule has 1 aromatic heterocycles. The van der Waals surface area contributed by atoms with E-state index in [1.54, 1.807) is 0 Å². The average molecular weight is 300 g/mol. The van der Waals surface area contributed by atoms with Gasteiger partial charge in [0.15, 0.2) is 0 Å². The number of nitrogens with one attached hydrogen (secondary N) is 1. The molecule has 1 aliphatic rings. The van der Waals surface area contributed by atoms with Gasteiger partial charge in [0.05, 0.1) is 12.5 Å². The van der Waals surface area contributed by atoms with Gasteiger partial charge in [-0.05, 0) is 25.4 Å². The monoisotopic (exact) mass is 299 g/mol. The lowest BCUT2D eigenvalue weighted by molar-refractivity contribution is -0.136. The van der Waals surface area contributed by atoms with Gasteiger partial charge in [-0.15, -0.1) is 0 Å². The van der Waals surface area contributed by atoms with Gasteiger partial charge in [-0.3, -0.25) is 14.5 Å². The number of hydrogen-bond donors (Lipinski definition) is 1. The van der Waals surface area contributed by atoms with Crippen LogP contribution >= 0.6 is 11.6 Å². The molecule has 0 bridgehead atoms. The molecule has 2 rings (SSSR count).